The molecule has 1 heterocycles. The van der Waals surface area contributed by atoms with Crippen LogP contribution in [0, 0.1) is 6.92 Å². The number of nitrogens with one attached hydrogen (secondary N) is 2. The van der Waals surface area contributed by atoms with Crippen LogP contribution in [0.25, 0.3) is 0 Å². The first-order valence-corrected chi connectivity index (χ1v) is 10.2. The molecular weight excluding hydrogens is 451 g/mol. The summed E-state index contributed by atoms with van der Waals surface area (Å²) in [6.45, 7) is 9.53. The second kappa shape index (κ2) is 11.9. The highest BCUT2D eigenvalue weighted by atomic mass is 127. The van der Waals surface area contributed by atoms with Gasteiger partial charge in [-0.15, -0.1) is 24.0 Å². The minimum Gasteiger partial charge on any atom is -0.379 e. The number of guanidine groups is 1. The predicted molar refractivity (Wildman–Crippen MR) is 123 cm³/mol. The molecule has 0 bridgehead atoms. The van der Waals surface area contributed by atoms with Gasteiger partial charge in [0.1, 0.15) is 0 Å². The van der Waals surface area contributed by atoms with Crippen molar-refractivity contribution < 1.29 is 4.74 Å². The normalized spacial score (nSPS) is 20.1. The molecule has 3 rings (SSSR count). The van der Waals surface area contributed by atoms with E-state index in [0.717, 1.165) is 45.4 Å². The summed E-state index contributed by atoms with van der Waals surface area (Å²) >= 11 is 0. The standard InChI is InChI=1S/C21H34N4O.HI/c1-3-22-21(24-19-9-4-5-10-19)23-16-20(25-11-13-26-14-12-25)18-8-6-7-17(2)15-18;/h6-8,15,19-20H,3-5,9-14,16H2,1-2H3,(H2,22,23,24);1H. The number of nitrogens with zero attached hydrogens (tertiary/aromatic N) is 2. The molecule has 0 spiro atoms. The van der Waals surface area contributed by atoms with Crippen molar-refractivity contribution in [2.45, 2.75) is 51.6 Å². The molecule has 1 saturated carbocycles. The summed E-state index contributed by atoms with van der Waals surface area (Å²) in [6, 6.07) is 9.73. The summed E-state index contributed by atoms with van der Waals surface area (Å²) in [7, 11) is 0. The first-order chi connectivity index (χ1) is 12.8. The van der Waals surface area contributed by atoms with Gasteiger partial charge in [-0.1, -0.05) is 42.7 Å². The summed E-state index contributed by atoms with van der Waals surface area (Å²) in [5.41, 5.74) is 2.66. The lowest BCUT2D eigenvalue weighted by Gasteiger charge is -2.34. The summed E-state index contributed by atoms with van der Waals surface area (Å²) in [5.74, 6) is 0.963. The van der Waals surface area contributed by atoms with Gasteiger partial charge in [0.15, 0.2) is 5.96 Å². The maximum atomic E-state index is 5.56. The van der Waals surface area contributed by atoms with Crippen LogP contribution in [0.3, 0.4) is 0 Å². The molecule has 0 amide bonds. The van der Waals surface area contributed by atoms with Crippen LogP contribution in [-0.4, -0.2) is 56.3 Å². The third-order valence-electron chi connectivity index (χ3n) is 5.38. The van der Waals surface area contributed by atoms with E-state index in [4.69, 9.17) is 9.73 Å². The molecule has 1 atom stereocenters. The molecule has 1 aliphatic heterocycles. The van der Waals surface area contributed by atoms with Crippen LogP contribution in [0.1, 0.15) is 49.8 Å². The van der Waals surface area contributed by atoms with Gasteiger partial charge >= 0.3 is 0 Å². The largest absolute Gasteiger partial charge is 0.379 e. The molecule has 0 radical (unpaired) electrons. The van der Waals surface area contributed by atoms with E-state index in [1.165, 1.54) is 36.8 Å². The highest BCUT2D eigenvalue weighted by Crippen LogP contribution is 2.23. The lowest BCUT2D eigenvalue weighted by molar-refractivity contribution is 0.0179. The fourth-order valence-corrected chi connectivity index (χ4v) is 3.96. The molecule has 1 aromatic carbocycles. The lowest BCUT2D eigenvalue weighted by atomic mass is 10.0. The van der Waals surface area contributed by atoms with Crippen LogP contribution >= 0.6 is 24.0 Å². The van der Waals surface area contributed by atoms with Crippen LogP contribution in [0.4, 0.5) is 0 Å². The fraction of sp³-hybridized carbons (Fsp3) is 0.667. The summed E-state index contributed by atoms with van der Waals surface area (Å²) in [6.07, 6.45) is 5.18. The second-order valence-electron chi connectivity index (χ2n) is 7.42. The predicted octanol–water partition coefficient (Wildman–Crippen LogP) is 3.48. The Morgan fingerprint density at radius 1 is 1.26 bits per heavy atom. The maximum absolute atomic E-state index is 5.56. The number of rotatable bonds is 6. The maximum Gasteiger partial charge on any atom is 0.191 e. The minimum absolute atomic E-state index is 0. The van der Waals surface area contributed by atoms with Crippen LogP contribution in [0.15, 0.2) is 29.3 Å². The van der Waals surface area contributed by atoms with Gasteiger partial charge in [0.2, 0.25) is 0 Å². The zero-order valence-electron chi connectivity index (χ0n) is 16.7. The molecule has 0 aromatic heterocycles. The molecule has 1 saturated heterocycles. The minimum atomic E-state index is 0. The van der Waals surface area contributed by atoms with Gasteiger partial charge in [-0.2, -0.15) is 0 Å². The Hall–Kier alpha value is -0.860. The van der Waals surface area contributed by atoms with Crippen LogP contribution in [0.5, 0.6) is 0 Å². The number of hydrogen-bond donors (Lipinski definition) is 2. The van der Waals surface area contributed by atoms with E-state index in [2.05, 4.69) is 53.6 Å². The fourth-order valence-electron chi connectivity index (χ4n) is 3.96. The van der Waals surface area contributed by atoms with Crippen molar-refractivity contribution in [2.75, 3.05) is 39.4 Å². The topological polar surface area (TPSA) is 48.9 Å². The van der Waals surface area contributed by atoms with Crippen molar-refractivity contribution in [3.63, 3.8) is 0 Å². The Morgan fingerprint density at radius 3 is 2.67 bits per heavy atom. The van der Waals surface area contributed by atoms with Crippen molar-refractivity contribution in [3.05, 3.63) is 35.4 Å². The third-order valence-corrected chi connectivity index (χ3v) is 5.38. The van der Waals surface area contributed by atoms with Gasteiger partial charge in [-0.25, -0.2) is 0 Å². The Morgan fingerprint density at radius 2 is 2.00 bits per heavy atom. The number of morpholine rings is 1. The average Bonchev–Trinajstić information content (AvgIpc) is 3.16. The molecule has 27 heavy (non-hydrogen) atoms. The van der Waals surface area contributed by atoms with Crippen molar-refractivity contribution >= 4 is 29.9 Å². The first kappa shape index (κ1) is 22.4. The van der Waals surface area contributed by atoms with Gasteiger partial charge in [0, 0.05) is 25.7 Å². The Bertz CT molecular complexity index is 583. The smallest absolute Gasteiger partial charge is 0.191 e. The number of hydrogen-bond acceptors (Lipinski definition) is 3. The molecule has 2 fully saturated rings. The van der Waals surface area contributed by atoms with Gasteiger partial charge in [0.25, 0.3) is 0 Å². The molecule has 6 heteroatoms. The van der Waals surface area contributed by atoms with Crippen molar-refractivity contribution in [2.24, 2.45) is 4.99 Å². The van der Waals surface area contributed by atoms with E-state index < -0.39 is 0 Å². The highest BCUT2D eigenvalue weighted by Gasteiger charge is 2.23. The second-order valence-corrected chi connectivity index (χ2v) is 7.42. The Balaban J connectivity index is 0.00000261. The number of aryl methyl sites for hydroxylation is 1. The quantitative estimate of drug-likeness (QED) is 0.367. The summed E-state index contributed by atoms with van der Waals surface area (Å²) in [5, 5.41) is 7.06. The van der Waals surface area contributed by atoms with E-state index in [1.54, 1.807) is 0 Å². The first-order valence-electron chi connectivity index (χ1n) is 10.2. The van der Waals surface area contributed by atoms with E-state index in [9.17, 15) is 0 Å². The zero-order valence-corrected chi connectivity index (χ0v) is 19.1. The molecule has 1 aliphatic carbocycles. The van der Waals surface area contributed by atoms with Gasteiger partial charge in [-0.3, -0.25) is 9.89 Å². The molecule has 2 N–H and O–H groups in total. The van der Waals surface area contributed by atoms with Gasteiger partial charge < -0.3 is 15.4 Å². The SMILES string of the molecule is CCNC(=NCC(c1cccc(C)c1)N1CCOCC1)NC1CCCC1.I. The Labute approximate surface area is 181 Å². The van der Waals surface area contributed by atoms with Gasteiger partial charge in [0.05, 0.1) is 25.8 Å². The molecule has 1 aromatic rings. The van der Waals surface area contributed by atoms with Crippen LogP contribution < -0.4 is 10.6 Å². The molecule has 1 unspecified atom stereocenters. The average molecular weight is 486 g/mol. The molecule has 152 valence electrons. The molecule has 2 aliphatic rings. The van der Waals surface area contributed by atoms with E-state index >= 15 is 0 Å². The zero-order chi connectivity index (χ0) is 18.2. The van der Waals surface area contributed by atoms with Gasteiger partial charge in [-0.05, 0) is 32.3 Å². The van der Waals surface area contributed by atoms with Crippen molar-refractivity contribution in [1.29, 1.82) is 0 Å². The number of aliphatic imine (C=N–C) groups is 1. The van der Waals surface area contributed by atoms with E-state index in [0.29, 0.717) is 12.1 Å². The molecule has 5 nitrogen and oxygen atoms in total. The number of benzene rings is 1. The third kappa shape index (κ3) is 6.91. The highest BCUT2D eigenvalue weighted by molar-refractivity contribution is 14.0. The number of ether oxygens (including phenoxy) is 1. The van der Waals surface area contributed by atoms with E-state index in [1.807, 2.05) is 0 Å². The monoisotopic (exact) mass is 486 g/mol. The lowest BCUT2D eigenvalue weighted by Crippen LogP contribution is -2.44. The number of halogens is 1. The Kier molecular flexibility index (Phi) is 9.86. The van der Waals surface area contributed by atoms with Crippen LogP contribution in [0.2, 0.25) is 0 Å². The summed E-state index contributed by atoms with van der Waals surface area (Å²) < 4.78 is 5.56. The van der Waals surface area contributed by atoms with E-state index in [-0.39, 0.29) is 24.0 Å². The summed E-state index contributed by atoms with van der Waals surface area (Å²) in [4.78, 5) is 7.49. The van der Waals surface area contributed by atoms with Crippen molar-refractivity contribution in [3.8, 4) is 0 Å². The van der Waals surface area contributed by atoms with Crippen molar-refractivity contribution in [1.82, 2.24) is 15.5 Å². The van der Waals surface area contributed by atoms with Crippen LogP contribution in [-0.2, 0) is 4.74 Å². The molecular formula is C21H35IN4O.